The molecule has 1 aliphatic heterocycles. The SMILES string of the molecule is Cc1cc(NC(=O)C(C)(C)C)sc1C(=O)NCCCN1CCC[C@H](C)C1. The number of nitrogens with zero attached hydrogens (tertiary/aromatic N) is 1. The number of piperidine rings is 1. The zero-order chi connectivity index (χ0) is 19.3. The Morgan fingerprint density at radius 2 is 2.08 bits per heavy atom. The summed E-state index contributed by atoms with van der Waals surface area (Å²) < 4.78 is 0. The van der Waals surface area contributed by atoms with Gasteiger partial charge < -0.3 is 15.5 Å². The van der Waals surface area contributed by atoms with Gasteiger partial charge in [-0.05, 0) is 56.8 Å². The molecule has 2 N–H and O–H groups in total. The van der Waals surface area contributed by atoms with Crippen LogP contribution in [0.5, 0.6) is 0 Å². The van der Waals surface area contributed by atoms with Crippen molar-refractivity contribution in [1.29, 1.82) is 0 Å². The number of likely N-dealkylation sites (tertiary alicyclic amines) is 1. The van der Waals surface area contributed by atoms with Crippen molar-refractivity contribution in [3.05, 3.63) is 16.5 Å². The Kier molecular flexibility index (Phi) is 7.24. The van der Waals surface area contributed by atoms with Crippen molar-refractivity contribution >= 4 is 28.2 Å². The maximum atomic E-state index is 12.4. The van der Waals surface area contributed by atoms with E-state index in [0.29, 0.717) is 11.4 Å². The van der Waals surface area contributed by atoms with Gasteiger partial charge >= 0.3 is 0 Å². The number of thiophene rings is 1. The van der Waals surface area contributed by atoms with E-state index < -0.39 is 5.41 Å². The first-order chi connectivity index (χ1) is 12.2. The summed E-state index contributed by atoms with van der Waals surface area (Å²) in [4.78, 5) is 27.7. The largest absolute Gasteiger partial charge is 0.351 e. The van der Waals surface area contributed by atoms with Crippen LogP contribution in [0.3, 0.4) is 0 Å². The van der Waals surface area contributed by atoms with Crippen LogP contribution in [-0.4, -0.2) is 42.9 Å². The second-order valence-electron chi connectivity index (χ2n) is 8.48. The Balaban J connectivity index is 1.79. The van der Waals surface area contributed by atoms with Crippen LogP contribution in [0.4, 0.5) is 5.00 Å². The van der Waals surface area contributed by atoms with Gasteiger partial charge in [-0.3, -0.25) is 9.59 Å². The number of hydrogen-bond acceptors (Lipinski definition) is 4. The number of anilines is 1. The predicted molar refractivity (Wildman–Crippen MR) is 109 cm³/mol. The van der Waals surface area contributed by atoms with E-state index in [1.807, 2.05) is 33.8 Å². The van der Waals surface area contributed by atoms with Crippen molar-refractivity contribution < 1.29 is 9.59 Å². The minimum atomic E-state index is -0.452. The first-order valence-corrected chi connectivity index (χ1v) is 10.4. The molecule has 0 aliphatic carbocycles. The maximum absolute atomic E-state index is 12.4. The first kappa shape index (κ1) is 20.9. The third-order valence-electron chi connectivity index (χ3n) is 4.72. The van der Waals surface area contributed by atoms with Crippen LogP contribution in [0.15, 0.2) is 6.07 Å². The molecule has 0 bridgehead atoms. The van der Waals surface area contributed by atoms with Crippen LogP contribution in [-0.2, 0) is 4.79 Å². The molecule has 2 rings (SSSR count). The standard InChI is InChI=1S/C20H33N3O2S/c1-14-8-6-10-23(13-14)11-7-9-21-18(24)17-15(2)12-16(26-17)22-19(25)20(3,4)5/h12,14H,6-11,13H2,1-5H3,(H,21,24)(H,22,25)/t14-/m0/s1. The summed E-state index contributed by atoms with van der Waals surface area (Å²) in [5, 5.41) is 6.66. The van der Waals surface area contributed by atoms with E-state index in [9.17, 15) is 9.59 Å². The summed E-state index contributed by atoms with van der Waals surface area (Å²) in [6, 6.07) is 1.87. The lowest BCUT2D eigenvalue weighted by atomic mass is 9.96. The molecule has 5 nitrogen and oxygen atoms in total. The van der Waals surface area contributed by atoms with Crippen molar-refractivity contribution in [2.75, 3.05) is 31.5 Å². The smallest absolute Gasteiger partial charge is 0.261 e. The van der Waals surface area contributed by atoms with Crippen molar-refractivity contribution in [2.45, 2.75) is 53.9 Å². The van der Waals surface area contributed by atoms with E-state index in [0.717, 1.165) is 29.4 Å². The van der Waals surface area contributed by atoms with Crippen molar-refractivity contribution in [1.82, 2.24) is 10.2 Å². The Bertz CT molecular complexity index is 633. The minimum Gasteiger partial charge on any atom is -0.351 e. The van der Waals surface area contributed by atoms with Gasteiger partial charge in [-0.25, -0.2) is 0 Å². The Morgan fingerprint density at radius 1 is 1.35 bits per heavy atom. The van der Waals surface area contributed by atoms with Gasteiger partial charge in [0.25, 0.3) is 5.91 Å². The lowest BCUT2D eigenvalue weighted by Gasteiger charge is -2.30. The van der Waals surface area contributed by atoms with Crippen LogP contribution < -0.4 is 10.6 Å². The number of hydrogen-bond donors (Lipinski definition) is 2. The third kappa shape index (κ3) is 6.09. The third-order valence-corrected chi connectivity index (χ3v) is 5.87. The predicted octanol–water partition coefficient (Wildman–Crippen LogP) is 3.89. The van der Waals surface area contributed by atoms with Gasteiger partial charge in [0.05, 0.1) is 9.88 Å². The lowest BCUT2D eigenvalue weighted by Crippen LogP contribution is -2.36. The lowest BCUT2D eigenvalue weighted by molar-refractivity contribution is -0.123. The van der Waals surface area contributed by atoms with Crippen LogP contribution in [0.2, 0.25) is 0 Å². The van der Waals surface area contributed by atoms with E-state index in [1.54, 1.807) is 0 Å². The monoisotopic (exact) mass is 379 g/mol. The maximum Gasteiger partial charge on any atom is 0.261 e. The molecular weight excluding hydrogens is 346 g/mol. The summed E-state index contributed by atoms with van der Waals surface area (Å²) in [5.41, 5.74) is 0.452. The molecule has 0 unspecified atom stereocenters. The molecule has 0 saturated carbocycles. The van der Waals surface area contributed by atoms with Crippen molar-refractivity contribution in [3.63, 3.8) is 0 Å². The molecule has 1 aromatic rings. The quantitative estimate of drug-likeness (QED) is 0.737. The van der Waals surface area contributed by atoms with Crippen LogP contribution in [0.1, 0.15) is 62.2 Å². The Hall–Kier alpha value is -1.40. The molecule has 26 heavy (non-hydrogen) atoms. The molecule has 146 valence electrons. The number of rotatable bonds is 6. The highest BCUT2D eigenvalue weighted by molar-refractivity contribution is 7.18. The molecule has 2 amide bonds. The highest BCUT2D eigenvalue weighted by atomic mass is 32.1. The Morgan fingerprint density at radius 3 is 2.73 bits per heavy atom. The van der Waals surface area contributed by atoms with Crippen molar-refractivity contribution in [2.24, 2.45) is 11.3 Å². The molecule has 1 atom stereocenters. The molecular formula is C20H33N3O2S. The van der Waals surface area contributed by atoms with E-state index in [-0.39, 0.29) is 11.8 Å². The zero-order valence-corrected chi connectivity index (χ0v) is 17.6. The number of carbonyl (C=O) groups excluding carboxylic acids is 2. The van der Waals surface area contributed by atoms with E-state index in [1.165, 1.54) is 37.3 Å². The van der Waals surface area contributed by atoms with Gasteiger partial charge in [0.15, 0.2) is 0 Å². The van der Waals surface area contributed by atoms with Gasteiger partial charge in [-0.2, -0.15) is 0 Å². The second-order valence-corrected chi connectivity index (χ2v) is 9.54. The summed E-state index contributed by atoms with van der Waals surface area (Å²) in [5.74, 6) is 0.700. The summed E-state index contributed by atoms with van der Waals surface area (Å²) in [7, 11) is 0. The van der Waals surface area contributed by atoms with E-state index >= 15 is 0 Å². The fourth-order valence-corrected chi connectivity index (χ4v) is 4.13. The first-order valence-electron chi connectivity index (χ1n) is 9.59. The molecule has 1 fully saturated rings. The van der Waals surface area contributed by atoms with E-state index in [2.05, 4.69) is 22.5 Å². The van der Waals surface area contributed by atoms with Crippen LogP contribution in [0, 0.1) is 18.3 Å². The number of aryl methyl sites for hydroxylation is 1. The average molecular weight is 380 g/mol. The van der Waals surface area contributed by atoms with E-state index in [4.69, 9.17) is 0 Å². The number of amides is 2. The zero-order valence-electron chi connectivity index (χ0n) is 16.8. The Labute approximate surface area is 161 Å². The highest BCUT2D eigenvalue weighted by Crippen LogP contribution is 2.28. The van der Waals surface area contributed by atoms with Crippen LogP contribution >= 0.6 is 11.3 Å². The number of nitrogens with one attached hydrogen (secondary N) is 2. The van der Waals surface area contributed by atoms with Gasteiger partial charge in [-0.15, -0.1) is 11.3 Å². The molecule has 0 radical (unpaired) electrons. The molecule has 1 aromatic heterocycles. The topological polar surface area (TPSA) is 61.4 Å². The number of carbonyl (C=O) groups is 2. The molecule has 1 saturated heterocycles. The average Bonchev–Trinajstić information content (AvgIpc) is 2.91. The minimum absolute atomic E-state index is 0.0403. The molecule has 2 heterocycles. The highest BCUT2D eigenvalue weighted by Gasteiger charge is 2.23. The fraction of sp³-hybridized carbons (Fsp3) is 0.700. The van der Waals surface area contributed by atoms with Gasteiger partial charge in [0, 0.05) is 18.5 Å². The summed E-state index contributed by atoms with van der Waals surface area (Å²) >= 11 is 1.34. The van der Waals surface area contributed by atoms with Gasteiger partial charge in [0.1, 0.15) is 0 Å². The molecule has 0 spiro atoms. The summed E-state index contributed by atoms with van der Waals surface area (Å²) in [6.45, 7) is 13.9. The van der Waals surface area contributed by atoms with Gasteiger partial charge in [0.2, 0.25) is 5.91 Å². The molecule has 0 aromatic carbocycles. The fourth-order valence-electron chi connectivity index (χ4n) is 3.14. The summed E-state index contributed by atoms with van der Waals surface area (Å²) in [6.07, 6.45) is 3.58. The molecule has 1 aliphatic rings. The van der Waals surface area contributed by atoms with Gasteiger partial charge in [-0.1, -0.05) is 27.7 Å². The van der Waals surface area contributed by atoms with Crippen LogP contribution in [0.25, 0.3) is 0 Å². The van der Waals surface area contributed by atoms with Crippen molar-refractivity contribution in [3.8, 4) is 0 Å². The normalized spacial score (nSPS) is 18.6. The molecule has 6 heteroatoms. The second kappa shape index (κ2) is 9.00.